The van der Waals surface area contributed by atoms with Gasteiger partial charge in [0.15, 0.2) is 28.2 Å². The molecule has 35 heavy (non-hydrogen) atoms. The number of aliphatic hydroxyl groups excluding tert-OH is 1. The van der Waals surface area contributed by atoms with E-state index in [1.54, 1.807) is 0 Å². The van der Waals surface area contributed by atoms with Gasteiger partial charge in [-0.2, -0.15) is 4.37 Å². The van der Waals surface area contributed by atoms with Crippen molar-refractivity contribution < 1.29 is 24.5 Å². The van der Waals surface area contributed by atoms with E-state index in [1.807, 2.05) is 43.3 Å². The van der Waals surface area contributed by atoms with Gasteiger partial charge in [-0.25, -0.2) is 14.8 Å². The molecule has 0 aliphatic carbocycles. The van der Waals surface area contributed by atoms with Crippen LogP contribution >= 0.6 is 11.5 Å². The highest BCUT2D eigenvalue weighted by Crippen LogP contribution is 2.37. The number of nitrogens with zero attached hydrogens (tertiary/aromatic N) is 4. The molecular weight excluding hydrogens is 470 g/mol. The van der Waals surface area contributed by atoms with Crippen molar-refractivity contribution >= 4 is 45.6 Å². The second-order valence-electron chi connectivity index (χ2n) is 7.76. The SMILES string of the molecule is Cc1c(Nc2nsc3nc(C=N[C@H](CO)C(=O)O)cnc23)cccc1-c1ccc2c(c1)OCCO2. The standard InChI is InChI=1S/C24H21N5O5S/c1-13-16(14-5-6-19-20(9-14)34-8-7-33-19)3-2-4-17(13)28-22-21-23(35-29-22)27-15(11-26-21)10-25-18(12-30)24(31)32/h2-6,9-11,18,30H,7-8,12H2,1H3,(H,28,29)(H,31,32)/t18-/m1/s1. The Bertz CT molecular complexity index is 1440. The van der Waals surface area contributed by atoms with E-state index in [1.165, 1.54) is 23.9 Å². The number of aliphatic carboxylic acids is 1. The number of hydrogen-bond donors (Lipinski definition) is 3. The maximum absolute atomic E-state index is 11.0. The second-order valence-corrected chi connectivity index (χ2v) is 8.51. The number of anilines is 2. The van der Waals surface area contributed by atoms with Gasteiger partial charge in [0.25, 0.3) is 0 Å². The summed E-state index contributed by atoms with van der Waals surface area (Å²) in [7, 11) is 0. The van der Waals surface area contributed by atoms with E-state index < -0.39 is 18.6 Å². The lowest BCUT2D eigenvalue weighted by molar-refractivity contribution is -0.139. The molecule has 1 atom stereocenters. The van der Waals surface area contributed by atoms with Crippen LogP contribution in [-0.4, -0.2) is 62.6 Å². The molecule has 0 radical (unpaired) electrons. The third kappa shape index (κ3) is 4.63. The fourth-order valence-electron chi connectivity index (χ4n) is 3.66. The number of carboxylic acid groups (broad SMARTS) is 1. The van der Waals surface area contributed by atoms with Gasteiger partial charge in [-0.15, -0.1) is 0 Å². The summed E-state index contributed by atoms with van der Waals surface area (Å²) in [6, 6.07) is 10.7. The summed E-state index contributed by atoms with van der Waals surface area (Å²) < 4.78 is 15.8. The Kier molecular flexibility index (Phi) is 6.25. The first-order chi connectivity index (χ1) is 17.0. The van der Waals surface area contributed by atoms with Crippen LogP contribution in [0.3, 0.4) is 0 Å². The third-order valence-electron chi connectivity index (χ3n) is 5.49. The number of aliphatic hydroxyl groups is 1. The molecule has 0 saturated heterocycles. The molecule has 5 rings (SSSR count). The van der Waals surface area contributed by atoms with Crippen LogP contribution in [0.5, 0.6) is 11.5 Å². The second kappa shape index (κ2) is 9.65. The van der Waals surface area contributed by atoms with E-state index in [0.717, 1.165) is 33.9 Å². The number of carbonyl (C=O) groups is 1. The summed E-state index contributed by atoms with van der Waals surface area (Å²) in [5.74, 6) is 0.845. The number of carboxylic acids is 1. The number of fused-ring (bicyclic) bond motifs is 2. The number of aliphatic imine (C=N–C) groups is 1. The summed E-state index contributed by atoms with van der Waals surface area (Å²) in [6.07, 6.45) is 2.77. The fraction of sp³-hybridized carbons (Fsp3) is 0.208. The van der Waals surface area contributed by atoms with Gasteiger partial charge in [0.2, 0.25) is 0 Å². The topological polar surface area (TPSA) is 139 Å². The number of rotatable bonds is 7. The number of ether oxygens (including phenoxy) is 2. The largest absolute Gasteiger partial charge is 0.486 e. The molecule has 11 heteroatoms. The minimum Gasteiger partial charge on any atom is -0.486 e. The molecule has 1 aliphatic heterocycles. The average molecular weight is 492 g/mol. The molecule has 3 heterocycles. The van der Waals surface area contributed by atoms with Crippen molar-refractivity contribution in [3.05, 3.63) is 53.9 Å². The summed E-state index contributed by atoms with van der Waals surface area (Å²) in [5.41, 5.74) is 4.95. The molecule has 10 nitrogen and oxygen atoms in total. The van der Waals surface area contributed by atoms with Crippen molar-refractivity contribution in [3.63, 3.8) is 0 Å². The lowest BCUT2D eigenvalue weighted by Crippen LogP contribution is -2.22. The van der Waals surface area contributed by atoms with Crippen molar-refractivity contribution in [1.82, 2.24) is 14.3 Å². The van der Waals surface area contributed by atoms with Crippen LogP contribution in [0.4, 0.5) is 11.5 Å². The van der Waals surface area contributed by atoms with Gasteiger partial charge >= 0.3 is 5.97 Å². The molecule has 4 aromatic rings. The molecule has 0 unspecified atom stereocenters. The van der Waals surface area contributed by atoms with Crippen LogP contribution in [0, 0.1) is 6.92 Å². The van der Waals surface area contributed by atoms with Gasteiger partial charge in [0.1, 0.15) is 24.4 Å². The number of hydrogen-bond acceptors (Lipinski definition) is 10. The normalized spacial score (nSPS) is 13.8. The zero-order valence-corrected chi connectivity index (χ0v) is 19.5. The molecular formula is C24H21N5O5S. The van der Waals surface area contributed by atoms with E-state index in [9.17, 15) is 4.79 Å². The van der Waals surface area contributed by atoms with Crippen LogP contribution in [0.1, 0.15) is 11.3 Å². The third-order valence-corrected chi connectivity index (χ3v) is 6.22. The Morgan fingerprint density at radius 3 is 2.89 bits per heavy atom. The summed E-state index contributed by atoms with van der Waals surface area (Å²) in [5, 5.41) is 21.5. The van der Waals surface area contributed by atoms with Gasteiger partial charge in [-0.3, -0.25) is 4.99 Å². The van der Waals surface area contributed by atoms with Crippen molar-refractivity contribution in [1.29, 1.82) is 0 Å². The number of nitrogens with one attached hydrogen (secondary N) is 1. The molecule has 0 amide bonds. The van der Waals surface area contributed by atoms with Crippen molar-refractivity contribution in [2.24, 2.45) is 4.99 Å². The van der Waals surface area contributed by atoms with Gasteiger partial charge in [0, 0.05) is 11.9 Å². The quantitative estimate of drug-likeness (QED) is 0.332. The smallest absolute Gasteiger partial charge is 0.330 e. The zero-order valence-electron chi connectivity index (χ0n) is 18.6. The molecule has 0 bridgehead atoms. The highest BCUT2D eigenvalue weighted by molar-refractivity contribution is 7.13. The molecule has 2 aromatic heterocycles. The van der Waals surface area contributed by atoms with Crippen LogP contribution in [0.2, 0.25) is 0 Å². The summed E-state index contributed by atoms with van der Waals surface area (Å²) >= 11 is 1.17. The number of benzene rings is 2. The Morgan fingerprint density at radius 2 is 2.09 bits per heavy atom. The Balaban J connectivity index is 1.40. The van der Waals surface area contributed by atoms with Crippen molar-refractivity contribution in [3.8, 4) is 22.6 Å². The first-order valence-electron chi connectivity index (χ1n) is 10.8. The minimum atomic E-state index is -1.24. The van der Waals surface area contributed by atoms with E-state index in [2.05, 4.69) is 24.7 Å². The summed E-state index contributed by atoms with van der Waals surface area (Å²) in [6.45, 7) is 2.52. The van der Waals surface area contributed by atoms with E-state index in [-0.39, 0.29) is 0 Å². The van der Waals surface area contributed by atoms with Crippen LogP contribution < -0.4 is 14.8 Å². The molecule has 0 spiro atoms. The van der Waals surface area contributed by atoms with Gasteiger partial charge in [-0.1, -0.05) is 18.2 Å². The lowest BCUT2D eigenvalue weighted by atomic mass is 9.98. The maximum Gasteiger partial charge on any atom is 0.330 e. The molecule has 178 valence electrons. The number of aromatic nitrogens is 3. The van der Waals surface area contributed by atoms with Crippen molar-refractivity contribution in [2.75, 3.05) is 25.1 Å². The molecule has 3 N–H and O–H groups in total. The highest BCUT2D eigenvalue weighted by Gasteiger charge is 2.16. The van der Waals surface area contributed by atoms with Crippen molar-refractivity contribution in [2.45, 2.75) is 13.0 Å². The minimum absolute atomic E-state index is 0.379. The van der Waals surface area contributed by atoms with Gasteiger partial charge in [-0.05, 0) is 53.3 Å². The van der Waals surface area contributed by atoms with E-state index in [4.69, 9.17) is 19.7 Å². The molecule has 0 fully saturated rings. The van der Waals surface area contributed by atoms with E-state index in [0.29, 0.717) is 35.1 Å². The van der Waals surface area contributed by atoms with Crippen LogP contribution in [0.15, 0.2) is 47.6 Å². The first-order valence-corrected chi connectivity index (χ1v) is 11.6. The van der Waals surface area contributed by atoms with Crippen LogP contribution in [-0.2, 0) is 4.79 Å². The predicted octanol–water partition coefficient (Wildman–Crippen LogP) is 3.44. The van der Waals surface area contributed by atoms with E-state index >= 15 is 0 Å². The first kappa shape index (κ1) is 22.7. The zero-order chi connectivity index (χ0) is 24.4. The molecule has 1 aliphatic rings. The average Bonchev–Trinajstić information content (AvgIpc) is 3.27. The summed E-state index contributed by atoms with van der Waals surface area (Å²) in [4.78, 5) is 24.3. The Morgan fingerprint density at radius 1 is 1.26 bits per heavy atom. The maximum atomic E-state index is 11.0. The van der Waals surface area contributed by atoms with Crippen LogP contribution in [0.25, 0.3) is 21.5 Å². The fourth-order valence-corrected chi connectivity index (χ4v) is 4.36. The molecule has 2 aromatic carbocycles. The Labute approximate surface area is 204 Å². The predicted molar refractivity (Wildman–Crippen MR) is 132 cm³/mol. The van der Waals surface area contributed by atoms with Gasteiger partial charge in [0.05, 0.1) is 12.8 Å². The highest BCUT2D eigenvalue weighted by atomic mass is 32.1. The van der Waals surface area contributed by atoms with Gasteiger partial charge < -0.3 is 25.0 Å². The monoisotopic (exact) mass is 491 g/mol. The molecule has 0 saturated carbocycles. The Hall–Kier alpha value is -4.09. The lowest BCUT2D eigenvalue weighted by Gasteiger charge is -2.19.